The van der Waals surface area contributed by atoms with E-state index in [0.717, 1.165) is 49.3 Å². The van der Waals surface area contributed by atoms with Crippen molar-refractivity contribution in [1.82, 2.24) is 24.7 Å². The molecule has 11 heteroatoms. The molecule has 0 spiro atoms. The molecule has 0 saturated carbocycles. The molecule has 11 nitrogen and oxygen atoms in total. The molecule has 0 aliphatic carbocycles. The fourth-order valence-corrected chi connectivity index (χ4v) is 5.23. The molecular formula is C37H61N5O6. The number of hydrogen-bond acceptors (Lipinski definition) is 8. The summed E-state index contributed by atoms with van der Waals surface area (Å²) in [6.07, 6.45) is 9.23. The zero-order valence-electron chi connectivity index (χ0n) is 30.7. The van der Waals surface area contributed by atoms with Gasteiger partial charge in [-0.2, -0.15) is 0 Å². The van der Waals surface area contributed by atoms with Crippen molar-refractivity contribution in [3.05, 3.63) is 53.6 Å². The van der Waals surface area contributed by atoms with Crippen molar-refractivity contribution in [2.24, 2.45) is 13.0 Å². The Morgan fingerprint density at radius 1 is 1.10 bits per heavy atom. The average Bonchev–Trinajstić information content (AvgIpc) is 3.40. The van der Waals surface area contributed by atoms with E-state index < -0.39 is 6.04 Å². The summed E-state index contributed by atoms with van der Waals surface area (Å²) in [6.45, 7) is 14.1. The summed E-state index contributed by atoms with van der Waals surface area (Å²) in [5.74, 6) is 0.276. The van der Waals surface area contributed by atoms with Gasteiger partial charge in [0.05, 0.1) is 11.7 Å². The molecule has 1 fully saturated rings. The number of aromatic nitrogens is 2. The Morgan fingerprint density at radius 3 is 2.35 bits per heavy atom. The van der Waals surface area contributed by atoms with Gasteiger partial charge in [-0.15, -0.1) is 0 Å². The molecule has 48 heavy (non-hydrogen) atoms. The van der Waals surface area contributed by atoms with E-state index >= 15 is 0 Å². The standard InChI is InChI=1S/C26H45N5O4.C8H8O2.C3H8/c1-7-12-23(32)35-18-31(16-11-14-22-27-20(4)17-30(22)6)26(34)24(19(3)8-2)28-25(33)21-13-9-10-15-29(21)5;9-7-10-6-8-4-2-1-3-5-8;1-3-2/h17,19,21,24H,7-16,18H2,1-6H3,(H,28,33);1-5,7H,6H2;3H2,1-2H3. The van der Waals surface area contributed by atoms with Crippen molar-refractivity contribution in [3.63, 3.8) is 0 Å². The minimum atomic E-state index is -0.664. The highest BCUT2D eigenvalue weighted by Crippen LogP contribution is 2.18. The normalized spacial score (nSPS) is 15.4. The molecule has 2 amide bonds. The maximum Gasteiger partial charge on any atom is 0.307 e. The smallest absolute Gasteiger partial charge is 0.307 e. The van der Waals surface area contributed by atoms with Gasteiger partial charge in [0.2, 0.25) is 11.8 Å². The van der Waals surface area contributed by atoms with Crippen LogP contribution in [0.25, 0.3) is 0 Å². The second kappa shape index (κ2) is 24.4. The molecule has 270 valence electrons. The summed E-state index contributed by atoms with van der Waals surface area (Å²) in [6, 6.07) is 8.67. The van der Waals surface area contributed by atoms with Crippen LogP contribution in [0.2, 0.25) is 0 Å². The average molecular weight is 672 g/mol. The number of rotatable bonds is 16. The van der Waals surface area contributed by atoms with Crippen molar-refractivity contribution in [3.8, 4) is 0 Å². The van der Waals surface area contributed by atoms with Gasteiger partial charge < -0.3 is 24.3 Å². The van der Waals surface area contributed by atoms with Crippen molar-refractivity contribution < 1.29 is 28.7 Å². The number of aryl methyl sites for hydroxylation is 3. The Bertz CT molecular complexity index is 1200. The number of nitrogens with zero attached hydrogens (tertiary/aromatic N) is 4. The maximum absolute atomic E-state index is 13.7. The molecule has 1 aromatic heterocycles. The first-order valence-electron chi connectivity index (χ1n) is 17.6. The van der Waals surface area contributed by atoms with Crippen LogP contribution in [0.1, 0.15) is 103 Å². The van der Waals surface area contributed by atoms with E-state index in [-0.39, 0.29) is 36.5 Å². The van der Waals surface area contributed by atoms with Crippen molar-refractivity contribution >= 4 is 24.3 Å². The van der Waals surface area contributed by atoms with Crippen LogP contribution in [0.3, 0.4) is 0 Å². The Morgan fingerprint density at radius 2 is 1.79 bits per heavy atom. The van der Waals surface area contributed by atoms with Gasteiger partial charge in [0.25, 0.3) is 6.47 Å². The van der Waals surface area contributed by atoms with Gasteiger partial charge in [-0.3, -0.25) is 24.1 Å². The predicted octanol–water partition coefficient (Wildman–Crippen LogP) is 5.58. The fourth-order valence-electron chi connectivity index (χ4n) is 5.23. The SMILES string of the molecule is CCC.CCCC(=O)OCN(CCCc1nc(C)cn1C)C(=O)C(NC(=O)C1CCCCN1C)C(C)CC.O=COCc1ccccc1. The van der Waals surface area contributed by atoms with Crippen LogP contribution < -0.4 is 5.32 Å². The van der Waals surface area contributed by atoms with E-state index in [2.05, 4.69) is 33.8 Å². The van der Waals surface area contributed by atoms with Gasteiger partial charge in [-0.25, -0.2) is 4.98 Å². The number of carbonyl (C=O) groups excluding carboxylic acids is 4. The lowest BCUT2D eigenvalue weighted by molar-refractivity contribution is -0.155. The molecule has 0 radical (unpaired) electrons. The third-order valence-electron chi connectivity index (χ3n) is 8.08. The molecule has 2 heterocycles. The molecule has 0 bridgehead atoms. The Kier molecular flexibility index (Phi) is 21.5. The van der Waals surface area contributed by atoms with Crippen molar-refractivity contribution in [2.75, 3.05) is 26.9 Å². The largest absolute Gasteiger partial charge is 0.463 e. The highest BCUT2D eigenvalue weighted by molar-refractivity contribution is 5.90. The summed E-state index contributed by atoms with van der Waals surface area (Å²) in [5.41, 5.74) is 1.96. The number of likely N-dealkylation sites (N-methyl/N-ethyl adjacent to an activating group) is 1. The Hall–Kier alpha value is -3.73. The van der Waals surface area contributed by atoms with E-state index in [9.17, 15) is 19.2 Å². The monoisotopic (exact) mass is 671 g/mol. The molecule has 1 saturated heterocycles. The van der Waals surface area contributed by atoms with Gasteiger partial charge in [-0.1, -0.05) is 84.2 Å². The van der Waals surface area contributed by atoms with Gasteiger partial charge >= 0.3 is 5.97 Å². The zero-order valence-corrected chi connectivity index (χ0v) is 30.7. The number of benzene rings is 1. The summed E-state index contributed by atoms with van der Waals surface area (Å²) >= 11 is 0. The lowest BCUT2D eigenvalue weighted by Crippen LogP contribution is -2.57. The second-order valence-corrected chi connectivity index (χ2v) is 12.5. The van der Waals surface area contributed by atoms with E-state index in [1.807, 2.05) is 82.9 Å². The molecule has 1 aliphatic rings. The Balaban J connectivity index is 0.000000738. The molecular weight excluding hydrogens is 610 g/mol. The quantitative estimate of drug-likeness (QED) is 0.139. The minimum Gasteiger partial charge on any atom is -0.463 e. The highest BCUT2D eigenvalue weighted by atomic mass is 16.5. The van der Waals surface area contributed by atoms with Gasteiger partial charge in [0.1, 0.15) is 18.5 Å². The molecule has 3 unspecified atom stereocenters. The molecule has 1 aliphatic heterocycles. The predicted molar refractivity (Wildman–Crippen MR) is 189 cm³/mol. The van der Waals surface area contributed by atoms with Gasteiger partial charge in [0, 0.05) is 32.6 Å². The number of esters is 1. The summed E-state index contributed by atoms with van der Waals surface area (Å²) in [4.78, 5) is 56.8. The van der Waals surface area contributed by atoms with Crippen molar-refractivity contribution in [2.45, 2.75) is 118 Å². The van der Waals surface area contributed by atoms with Crippen LogP contribution in [0.15, 0.2) is 36.5 Å². The number of carbonyl (C=O) groups is 4. The molecule has 2 aromatic rings. The Labute approximate surface area is 288 Å². The topological polar surface area (TPSA) is 123 Å². The number of imidazole rings is 1. The van der Waals surface area contributed by atoms with Gasteiger partial charge in [0.15, 0.2) is 6.73 Å². The number of likely N-dealkylation sites (tertiary alicyclic amines) is 1. The molecule has 3 atom stereocenters. The van der Waals surface area contributed by atoms with E-state index in [1.54, 1.807) is 4.90 Å². The highest BCUT2D eigenvalue weighted by Gasteiger charge is 2.34. The summed E-state index contributed by atoms with van der Waals surface area (Å²) < 4.78 is 12.0. The lowest BCUT2D eigenvalue weighted by Gasteiger charge is -2.35. The first-order chi connectivity index (χ1) is 23.0. The molecule has 1 aromatic carbocycles. The summed E-state index contributed by atoms with van der Waals surface area (Å²) in [7, 11) is 3.92. The number of ether oxygens (including phenoxy) is 2. The van der Waals surface area contributed by atoms with Crippen molar-refractivity contribution in [1.29, 1.82) is 0 Å². The first-order valence-corrected chi connectivity index (χ1v) is 17.6. The zero-order chi connectivity index (χ0) is 35.9. The number of nitrogens with one attached hydrogen (secondary N) is 1. The second-order valence-electron chi connectivity index (χ2n) is 12.5. The van der Waals surface area contributed by atoms with Crippen LogP contribution in [0, 0.1) is 12.8 Å². The van der Waals surface area contributed by atoms with Gasteiger partial charge in [-0.05, 0) is 57.7 Å². The molecule has 1 N–H and O–H groups in total. The van der Waals surface area contributed by atoms with E-state index in [0.29, 0.717) is 45.3 Å². The van der Waals surface area contributed by atoms with E-state index in [1.165, 1.54) is 6.42 Å². The van der Waals surface area contributed by atoms with Crippen LogP contribution >= 0.6 is 0 Å². The minimum absolute atomic E-state index is 0.0496. The van der Waals surface area contributed by atoms with Crippen LogP contribution in [-0.4, -0.2) is 82.6 Å². The molecule has 3 rings (SSSR count). The first kappa shape index (κ1) is 42.3. The fraction of sp³-hybridized carbons (Fsp3) is 0.649. The third-order valence-corrected chi connectivity index (χ3v) is 8.08. The van der Waals surface area contributed by atoms with E-state index in [4.69, 9.17) is 4.74 Å². The third kappa shape index (κ3) is 15.9. The maximum atomic E-state index is 13.7. The summed E-state index contributed by atoms with van der Waals surface area (Å²) in [5, 5.41) is 3.05. The number of piperidine rings is 1. The lowest BCUT2D eigenvalue weighted by atomic mass is 9.96. The number of hydrogen-bond donors (Lipinski definition) is 1. The van der Waals surface area contributed by atoms with Crippen LogP contribution in [0.5, 0.6) is 0 Å². The van der Waals surface area contributed by atoms with Crippen LogP contribution in [-0.2, 0) is 48.7 Å². The number of amides is 2. The van der Waals surface area contributed by atoms with Crippen LogP contribution in [0.4, 0.5) is 0 Å².